The van der Waals surface area contributed by atoms with E-state index in [4.69, 9.17) is 23.4 Å². The van der Waals surface area contributed by atoms with Gasteiger partial charge >= 0.3 is 0 Å². The lowest BCUT2D eigenvalue weighted by Gasteiger charge is -2.45. The van der Waals surface area contributed by atoms with Gasteiger partial charge in [-0.15, -0.1) is 0 Å². The summed E-state index contributed by atoms with van der Waals surface area (Å²) in [5.74, 6) is -1.45. The summed E-state index contributed by atoms with van der Waals surface area (Å²) in [6, 6.07) is 7.19. The Hall–Kier alpha value is -3.51. The van der Waals surface area contributed by atoms with Crippen molar-refractivity contribution in [3.8, 4) is 34.3 Å². The van der Waals surface area contributed by atoms with Crippen LogP contribution in [0.25, 0.3) is 22.3 Å². The lowest BCUT2D eigenvalue weighted by atomic mass is 9.97. The maximum Gasteiger partial charge on any atom is 0.229 e. The zero-order valence-electron chi connectivity index (χ0n) is 21.9. The van der Waals surface area contributed by atoms with E-state index in [-0.39, 0.29) is 33.8 Å². The average Bonchev–Trinajstić information content (AvgIpc) is 2.94. The SMILES string of the molecule is CC1OC(Oc2cc(O)c3c(=O)cc(-c4ccc(O)c(O)c4)oc3c2)C(O)C(O)C1OC1OC(CO)C(O)C(O)C1O. The number of ether oxygens (including phenoxy) is 4. The van der Waals surface area contributed by atoms with Gasteiger partial charge in [0.1, 0.15) is 71.0 Å². The van der Waals surface area contributed by atoms with Gasteiger partial charge in [0.2, 0.25) is 6.29 Å². The minimum Gasteiger partial charge on any atom is -0.507 e. The molecule has 228 valence electrons. The van der Waals surface area contributed by atoms with E-state index in [1.165, 1.54) is 31.2 Å². The third kappa shape index (κ3) is 5.49. The lowest BCUT2D eigenvalue weighted by Crippen LogP contribution is -2.64. The molecule has 0 aliphatic carbocycles. The highest BCUT2D eigenvalue weighted by atomic mass is 16.7. The second-order valence-corrected chi connectivity index (χ2v) is 10.1. The van der Waals surface area contributed by atoms with Gasteiger partial charge in [-0.25, -0.2) is 0 Å². The number of aliphatic hydroxyl groups excluding tert-OH is 6. The van der Waals surface area contributed by atoms with Gasteiger partial charge in [0.15, 0.2) is 23.2 Å². The Balaban J connectivity index is 1.35. The molecule has 15 heteroatoms. The monoisotopic (exact) mass is 594 g/mol. The highest BCUT2D eigenvalue weighted by molar-refractivity contribution is 5.86. The van der Waals surface area contributed by atoms with Crippen molar-refractivity contribution in [2.45, 2.75) is 68.3 Å². The van der Waals surface area contributed by atoms with Gasteiger partial charge in [-0.1, -0.05) is 0 Å². The Kier molecular flexibility index (Phi) is 8.30. The Bertz CT molecular complexity index is 1490. The summed E-state index contributed by atoms with van der Waals surface area (Å²) < 4.78 is 28.0. The van der Waals surface area contributed by atoms with E-state index in [1.807, 2.05) is 0 Å². The summed E-state index contributed by atoms with van der Waals surface area (Å²) in [6.07, 6.45) is -15.3. The van der Waals surface area contributed by atoms with Crippen LogP contribution in [0.1, 0.15) is 6.92 Å². The molecular weight excluding hydrogens is 564 g/mol. The molecule has 2 aliphatic heterocycles. The number of rotatable bonds is 6. The fourth-order valence-electron chi connectivity index (χ4n) is 4.89. The van der Waals surface area contributed by atoms with Crippen LogP contribution in [0.2, 0.25) is 0 Å². The zero-order valence-corrected chi connectivity index (χ0v) is 21.9. The molecule has 42 heavy (non-hydrogen) atoms. The average molecular weight is 595 g/mol. The second-order valence-electron chi connectivity index (χ2n) is 10.1. The first-order chi connectivity index (χ1) is 19.9. The van der Waals surface area contributed by atoms with Crippen LogP contribution in [-0.4, -0.2) is 114 Å². The van der Waals surface area contributed by atoms with E-state index in [1.54, 1.807) is 0 Å². The standard InChI is InChI=1S/C27H30O15/c1-9-25(42-27-23(36)21(34)20(33)18(8-28)41-27)22(35)24(37)26(38-9)39-11-5-14(31)19-15(32)7-16(40-17(19)6-11)10-2-3-12(29)13(30)4-10/h2-7,9,18,20-31,33-37H,8H2,1H3. The van der Waals surface area contributed by atoms with Crippen molar-refractivity contribution in [1.82, 2.24) is 0 Å². The first-order valence-electron chi connectivity index (χ1n) is 12.9. The molecule has 2 fully saturated rings. The van der Waals surface area contributed by atoms with E-state index < -0.39 is 84.9 Å². The molecule has 15 nitrogen and oxygen atoms in total. The molecule has 2 aromatic carbocycles. The molecule has 0 spiro atoms. The van der Waals surface area contributed by atoms with Crippen LogP contribution in [0.15, 0.2) is 45.6 Å². The van der Waals surface area contributed by atoms with Crippen molar-refractivity contribution >= 4 is 11.0 Å². The smallest absolute Gasteiger partial charge is 0.229 e. The lowest BCUT2D eigenvalue weighted by molar-refractivity contribution is -0.348. The summed E-state index contributed by atoms with van der Waals surface area (Å²) in [5.41, 5.74) is -0.486. The number of aromatic hydroxyl groups is 3. The van der Waals surface area contributed by atoms with Gasteiger partial charge < -0.3 is 69.3 Å². The Morgan fingerprint density at radius 1 is 0.786 bits per heavy atom. The maximum absolute atomic E-state index is 12.7. The summed E-state index contributed by atoms with van der Waals surface area (Å²) >= 11 is 0. The molecule has 0 saturated carbocycles. The topological polar surface area (TPSA) is 249 Å². The largest absolute Gasteiger partial charge is 0.507 e. The molecule has 0 amide bonds. The molecule has 1 aromatic heterocycles. The molecule has 0 bridgehead atoms. The number of phenolic OH excluding ortho intramolecular Hbond substituents is 3. The van der Waals surface area contributed by atoms with Crippen LogP contribution in [0.4, 0.5) is 0 Å². The van der Waals surface area contributed by atoms with Crippen molar-refractivity contribution < 1.29 is 69.3 Å². The predicted octanol–water partition coefficient (Wildman–Crippen LogP) is -1.39. The van der Waals surface area contributed by atoms with Gasteiger partial charge in [-0.2, -0.15) is 0 Å². The fourth-order valence-corrected chi connectivity index (χ4v) is 4.89. The summed E-state index contributed by atoms with van der Waals surface area (Å²) in [4.78, 5) is 12.7. The number of aliphatic hydroxyl groups is 6. The van der Waals surface area contributed by atoms with Crippen LogP contribution < -0.4 is 10.2 Å². The highest BCUT2D eigenvalue weighted by Crippen LogP contribution is 2.36. The zero-order chi connectivity index (χ0) is 30.5. The number of fused-ring (bicyclic) bond motifs is 1. The molecule has 10 atom stereocenters. The number of phenols is 3. The third-order valence-corrected chi connectivity index (χ3v) is 7.21. The predicted molar refractivity (Wildman–Crippen MR) is 139 cm³/mol. The van der Waals surface area contributed by atoms with Gasteiger partial charge in [0.05, 0.1) is 12.7 Å². The minimum atomic E-state index is -1.76. The van der Waals surface area contributed by atoms with Crippen LogP contribution >= 0.6 is 0 Å². The quantitative estimate of drug-likeness (QED) is 0.149. The van der Waals surface area contributed by atoms with E-state index >= 15 is 0 Å². The van der Waals surface area contributed by atoms with Crippen LogP contribution in [0.3, 0.4) is 0 Å². The Morgan fingerprint density at radius 3 is 2.19 bits per heavy atom. The second kappa shape index (κ2) is 11.6. The number of hydrogen-bond acceptors (Lipinski definition) is 15. The van der Waals surface area contributed by atoms with E-state index in [9.17, 15) is 50.8 Å². The van der Waals surface area contributed by atoms with Crippen molar-refractivity contribution in [1.29, 1.82) is 0 Å². The van der Waals surface area contributed by atoms with Gasteiger partial charge in [-0.05, 0) is 25.1 Å². The van der Waals surface area contributed by atoms with Crippen molar-refractivity contribution in [3.05, 3.63) is 46.6 Å². The highest BCUT2D eigenvalue weighted by Gasteiger charge is 2.50. The van der Waals surface area contributed by atoms with Gasteiger partial charge in [0, 0.05) is 23.8 Å². The van der Waals surface area contributed by atoms with Crippen LogP contribution in [-0.2, 0) is 14.2 Å². The molecule has 9 N–H and O–H groups in total. The molecule has 2 aliphatic rings. The van der Waals surface area contributed by atoms with Crippen LogP contribution in [0, 0.1) is 0 Å². The number of benzene rings is 2. The fraction of sp³-hybridized carbons (Fsp3) is 0.444. The normalized spacial score (nSPS) is 33.5. The van der Waals surface area contributed by atoms with Crippen molar-refractivity contribution in [2.24, 2.45) is 0 Å². The molecule has 3 heterocycles. The minimum absolute atomic E-state index is 0.00512. The van der Waals surface area contributed by atoms with Crippen LogP contribution in [0.5, 0.6) is 23.0 Å². The molecule has 3 aromatic rings. The first-order valence-corrected chi connectivity index (χ1v) is 12.9. The van der Waals surface area contributed by atoms with Crippen molar-refractivity contribution in [3.63, 3.8) is 0 Å². The molecule has 5 rings (SSSR count). The van der Waals surface area contributed by atoms with E-state index in [2.05, 4.69) is 0 Å². The molecule has 10 unspecified atom stereocenters. The maximum atomic E-state index is 12.7. The molecule has 2 saturated heterocycles. The van der Waals surface area contributed by atoms with E-state index in [0.717, 1.165) is 12.1 Å². The van der Waals surface area contributed by atoms with Gasteiger partial charge in [0.25, 0.3) is 0 Å². The Labute approximate surface area is 236 Å². The molecule has 0 radical (unpaired) electrons. The van der Waals surface area contributed by atoms with Gasteiger partial charge in [-0.3, -0.25) is 4.79 Å². The first kappa shape index (κ1) is 30.0. The summed E-state index contributed by atoms with van der Waals surface area (Å²) in [5, 5.41) is 90.9. The number of hydrogen-bond donors (Lipinski definition) is 9. The Morgan fingerprint density at radius 2 is 1.50 bits per heavy atom. The van der Waals surface area contributed by atoms with Crippen molar-refractivity contribution in [2.75, 3.05) is 6.61 Å². The third-order valence-electron chi connectivity index (χ3n) is 7.21. The molecular formula is C27H30O15. The summed E-state index contributed by atoms with van der Waals surface area (Å²) in [7, 11) is 0. The summed E-state index contributed by atoms with van der Waals surface area (Å²) in [6.45, 7) is 0.761. The van der Waals surface area contributed by atoms with E-state index in [0.29, 0.717) is 0 Å².